The molecule has 1 atom stereocenters. The van der Waals surface area contributed by atoms with Crippen LogP contribution in [0.3, 0.4) is 0 Å². The summed E-state index contributed by atoms with van der Waals surface area (Å²) >= 11 is 1.46. The van der Waals surface area contributed by atoms with Crippen molar-refractivity contribution in [3.8, 4) is 0 Å². The predicted molar refractivity (Wildman–Crippen MR) is 60.6 cm³/mol. The molecule has 1 unspecified atom stereocenters. The Morgan fingerprint density at radius 3 is 2.38 bits per heavy atom. The van der Waals surface area contributed by atoms with Crippen LogP contribution in [0.15, 0.2) is 4.99 Å². The Kier molecular flexibility index (Phi) is 6.11. The van der Waals surface area contributed by atoms with E-state index >= 15 is 0 Å². The molecule has 78 valence electrons. The topological polar surface area (TPSA) is 53.6 Å². The van der Waals surface area contributed by atoms with Crippen LogP contribution >= 0.6 is 11.8 Å². The van der Waals surface area contributed by atoms with Gasteiger partial charge in [0, 0.05) is 13.1 Å². The molecular formula is C8H20N4S. The van der Waals surface area contributed by atoms with Crippen LogP contribution in [-0.2, 0) is 0 Å². The average molecular weight is 204 g/mol. The summed E-state index contributed by atoms with van der Waals surface area (Å²) in [5.41, 5.74) is 8.83. The van der Waals surface area contributed by atoms with Crippen LogP contribution < -0.4 is 11.2 Å². The number of aliphatic imine (C=N–C) groups is 1. The molecule has 0 saturated heterocycles. The molecule has 0 amide bonds. The molecule has 0 fully saturated rings. The van der Waals surface area contributed by atoms with Gasteiger partial charge in [-0.15, -0.1) is 0 Å². The number of hydrogen-bond donors (Lipinski definition) is 2. The summed E-state index contributed by atoms with van der Waals surface area (Å²) in [7, 11) is 1.96. The van der Waals surface area contributed by atoms with Gasteiger partial charge in [0.25, 0.3) is 0 Å². The minimum Gasteiger partial charge on any atom is -0.378 e. The lowest BCUT2D eigenvalue weighted by Gasteiger charge is -2.24. The first-order chi connectivity index (χ1) is 5.97. The second kappa shape index (κ2) is 6.23. The van der Waals surface area contributed by atoms with Gasteiger partial charge in [0.1, 0.15) is 6.17 Å². The van der Waals surface area contributed by atoms with Gasteiger partial charge in [0.2, 0.25) is 0 Å². The minimum absolute atomic E-state index is 0.0647. The van der Waals surface area contributed by atoms with Gasteiger partial charge in [-0.05, 0) is 27.0 Å². The zero-order valence-corrected chi connectivity index (χ0v) is 9.85. The first kappa shape index (κ1) is 12.7. The maximum Gasteiger partial charge on any atom is 0.155 e. The molecule has 0 aliphatic rings. The van der Waals surface area contributed by atoms with Gasteiger partial charge in [0.15, 0.2) is 5.17 Å². The quantitative estimate of drug-likeness (QED) is 0.405. The molecule has 5 heteroatoms. The average Bonchev–Trinajstić information content (AvgIpc) is 2.02. The van der Waals surface area contributed by atoms with E-state index in [1.54, 1.807) is 0 Å². The van der Waals surface area contributed by atoms with Crippen LogP contribution in [0.4, 0.5) is 0 Å². The summed E-state index contributed by atoms with van der Waals surface area (Å²) in [6.07, 6.45) is 1.98. The summed E-state index contributed by atoms with van der Waals surface area (Å²) in [4.78, 5) is 4.27. The van der Waals surface area contributed by atoms with Crippen molar-refractivity contribution in [3.05, 3.63) is 0 Å². The van der Waals surface area contributed by atoms with Crippen LogP contribution in [0, 0.1) is 0 Å². The second-order valence-corrected chi connectivity index (χ2v) is 4.02. The highest BCUT2D eigenvalue weighted by atomic mass is 32.2. The van der Waals surface area contributed by atoms with Crippen LogP contribution in [0.25, 0.3) is 0 Å². The van der Waals surface area contributed by atoms with Gasteiger partial charge in [-0.3, -0.25) is 5.43 Å². The molecule has 0 heterocycles. The molecule has 0 aromatic heterocycles. The van der Waals surface area contributed by atoms with Crippen LogP contribution in [-0.4, -0.2) is 35.7 Å². The van der Waals surface area contributed by atoms with E-state index < -0.39 is 0 Å². The lowest BCUT2D eigenvalue weighted by molar-refractivity contribution is 0.161. The van der Waals surface area contributed by atoms with Gasteiger partial charge >= 0.3 is 0 Å². The number of nitrogens with two attached hydrogens (primary N) is 1. The zero-order chi connectivity index (χ0) is 10.4. The molecule has 0 aromatic carbocycles. The molecule has 4 nitrogen and oxygen atoms in total. The molecule has 0 spiro atoms. The molecule has 0 bridgehead atoms. The van der Waals surface area contributed by atoms with Crippen molar-refractivity contribution in [3.63, 3.8) is 0 Å². The monoisotopic (exact) mass is 204 g/mol. The fraction of sp³-hybridized carbons (Fsp3) is 0.875. The van der Waals surface area contributed by atoms with Gasteiger partial charge in [-0.25, -0.2) is 10.0 Å². The summed E-state index contributed by atoms with van der Waals surface area (Å²) in [5, 5.41) is 2.57. The van der Waals surface area contributed by atoms with Crippen molar-refractivity contribution < 1.29 is 0 Å². The third-order valence-corrected chi connectivity index (χ3v) is 2.07. The maximum atomic E-state index is 5.60. The molecule has 13 heavy (non-hydrogen) atoms. The van der Waals surface area contributed by atoms with E-state index in [4.69, 9.17) is 5.73 Å². The fourth-order valence-corrected chi connectivity index (χ4v) is 1.10. The number of thioether (sulfide) groups is 1. The van der Waals surface area contributed by atoms with Crippen molar-refractivity contribution in [2.45, 2.75) is 33.0 Å². The molecule has 0 radical (unpaired) electrons. The normalized spacial score (nSPS) is 15.5. The SMILES string of the molecule is CSC(N)=NC(C)N(C)NC(C)C. The van der Waals surface area contributed by atoms with Crippen molar-refractivity contribution in [2.75, 3.05) is 13.3 Å². The Labute approximate surface area is 84.9 Å². The highest BCUT2D eigenvalue weighted by Crippen LogP contribution is 1.99. The smallest absolute Gasteiger partial charge is 0.155 e. The molecule has 0 aromatic rings. The van der Waals surface area contributed by atoms with Crippen LogP contribution in [0.5, 0.6) is 0 Å². The van der Waals surface area contributed by atoms with E-state index in [2.05, 4.69) is 24.3 Å². The highest BCUT2D eigenvalue weighted by molar-refractivity contribution is 8.13. The zero-order valence-electron chi connectivity index (χ0n) is 9.03. The van der Waals surface area contributed by atoms with E-state index in [9.17, 15) is 0 Å². The Morgan fingerprint density at radius 1 is 1.46 bits per heavy atom. The lowest BCUT2D eigenvalue weighted by Crippen LogP contribution is -2.44. The molecule has 0 aliphatic heterocycles. The Hall–Kier alpha value is -0.260. The Balaban J connectivity index is 4.02. The van der Waals surface area contributed by atoms with Crippen molar-refractivity contribution in [1.82, 2.24) is 10.4 Å². The first-order valence-corrected chi connectivity index (χ1v) is 5.56. The van der Waals surface area contributed by atoms with Gasteiger partial charge in [-0.1, -0.05) is 11.8 Å². The maximum absolute atomic E-state index is 5.60. The van der Waals surface area contributed by atoms with E-state index in [0.717, 1.165) is 0 Å². The first-order valence-electron chi connectivity index (χ1n) is 4.33. The minimum atomic E-state index is 0.0647. The molecular weight excluding hydrogens is 184 g/mol. The molecule has 3 N–H and O–H groups in total. The lowest BCUT2D eigenvalue weighted by atomic mass is 10.4. The van der Waals surface area contributed by atoms with E-state index in [1.165, 1.54) is 11.8 Å². The second-order valence-electron chi connectivity index (χ2n) is 3.20. The number of hydrogen-bond acceptors (Lipinski definition) is 4. The summed E-state index contributed by atoms with van der Waals surface area (Å²) in [5.74, 6) is 0. The molecule has 0 rings (SSSR count). The van der Waals surface area contributed by atoms with Gasteiger partial charge in [0.05, 0.1) is 0 Å². The summed E-state index contributed by atoms with van der Waals surface area (Å²) < 4.78 is 0. The van der Waals surface area contributed by atoms with Gasteiger partial charge in [-0.2, -0.15) is 0 Å². The summed E-state index contributed by atoms with van der Waals surface area (Å²) in [6.45, 7) is 6.17. The predicted octanol–water partition coefficient (Wildman–Crippen LogP) is 0.855. The number of rotatable bonds is 4. The van der Waals surface area contributed by atoms with E-state index in [1.807, 2.05) is 25.2 Å². The van der Waals surface area contributed by atoms with Gasteiger partial charge < -0.3 is 5.73 Å². The largest absolute Gasteiger partial charge is 0.378 e. The van der Waals surface area contributed by atoms with Crippen molar-refractivity contribution >= 4 is 16.9 Å². The van der Waals surface area contributed by atoms with Crippen molar-refractivity contribution in [1.29, 1.82) is 0 Å². The number of nitrogens with zero attached hydrogens (tertiary/aromatic N) is 2. The fourth-order valence-electron chi connectivity index (χ4n) is 0.839. The molecule has 0 saturated carbocycles. The third kappa shape index (κ3) is 5.90. The van der Waals surface area contributed by atoms with Crippen LogP contribution in [0.2, 0.25) is 0 Å². The Bertz CT molecular complexity index is 170. The Morgan fingerprint density at radius 2 is 2.00 bits per heavy atom. The molecule has 0 aliphatic carbocycles. The van der Waals surface area contributed by atoms with Crippen molar-refractivity contribution in [2.24, 2.45) is 10.7 Å². The number of nitrogens with one attached hydrogen (secondary N) is 1. The van der Waals surface area contributed by atoms with E-state index in [-0.39, 0.29) is 6.17 Å². The summed E-state index contributed by atoms with van der Waals surface area (Å²) in [6, 6.07) is 0.415. The van der Waals surface area contributed by atoms with E-state index in [0.29, 0.717) is 11.2 Å². The number of amidine groups is 1. The van der Waals surface area contributed by atoms with Crippen LogP contribution in [0.1, 0.15) is 20.8 Å². The standard InChI is InChI=1S/C8H20N4S/c1-6(2)11-12(4)7(3)10-8(9)13-5/h6-7,11H,1-5H3,(H2,9,10). The highest BCUT2D eigenvalue weighted by Gasteiger charge is 2.07. The number of hydrazine groups is 1. The third-order valence-electron chi connectivity index (χ3n) is 1.55.